The average molecular weight is 302 g/mol. The number of rotatable bonds is 5. The number of hydrogen-bond acceptors (Lipinski definition) is 4. The van der Waals surface area contributed by atoms with E-state index >= 15 is 0 Å². The Kier molecular flexibility index (Phi) is 5.61. The van der Waals surface area contributed by atoms with E-state index < -0.39 is 6.04 Å². The third-order valence-corrected chi connectivity index (χ3v) is 2.98. The molecule has 0 aliphatic heterocycles. The molecule has 0 saturated carbocycles. The van der Waals surface area contributed by atoms with E-state index in [2.05, 4.69) is 15.9 Å². The van der Waals surface area contributed by atoms with E-state index in [0.717, 1.165) is 10.0 Å². The van der Waals surface area contributed by atoms with Crippen LogP contribution in [0, 0.1) is 0 Å². The normalized spacial score (nSPS) is 12.5. The minimum atomic E-state index is -0.496. The van der Waals surface area contributed by atoms with Gasteiger partial charge in [-0.05, 0) is 24.7 Å². The molecule has 94 valence electrons. The molecule has 1 unspecified atom stereocenters. The molecule has 1 aromatic rings. The third kappa shape index (κ3) is 3.80. The van der Waals surface area contributed by atoms with Crippen LogP contribution in [0.4, 0.5) is 0 Å². The number of carbonyl (C=O) groups excluding carboxylic acids is 1. The fourth-order valence-corrected chi connectivity index (χ4v) is 2.06. The minimum absolute atomic E-state index is 0.00199. The van der Waals surface area contributed by atoms with Crippen LogP contribution in [0.3, 0.4) is 0 Å². The zero-order valence-electron chi connectivity index (χ0n) is 9.89. The van der Waals surface area contributed by atoms with Gasteiger partial charge in [-0.1, -0.05) is 28.1 Å². The number of aliphatic hydroxyl groups is 1. The number of halogens is 1. The predicted molar refractivity (Wildman–Crippen MR) is 68.6 cm³/mol. The lowest BCUT2D eigenvalue weighted by atomic mass is 10.1. The highest BCUT2D eigenvalue weighted by Gasteiger charge is 2.25. The van der Waals surface area contributed by atoms with Crippen LogP contribution in [-0.2, 0) is 9.53 Å². The summed E-state index contributed by atoms with van der Waals surface area (Å²) >= 11 is 3.37. The molecule has 0 radical (unpaired) electrons. The molecule has 17 heavy (non-hydrogen) atoms. The van der Waals surface area contributed by atoms with E-state index in [-0.39, 0.29) is 12.6 Å². The molecule has 1 rings (SSSR count). The van der Waals surface area contributed by atoms with Crippen molar-refractivity contribution in [1.29, 1.82) is 0 Å². The Hall–Kier alpha value is -0.910. The molecule has 0 bridgehead atoms. The van der Waals surface area contributed by atoms with Crippen molar-refractivity contribution in [2.45, 2.75) is 6.04 Å². The van der Waals surface area contributed by atoms with Crippen LogP contribution in [-0.4, -0.2) is 43.3 Å². The van der Waals surface area contributed by atoms with Crippen molar-refractivity contribution in [3.63, 3.8) is 0 Å². The van der Waals surface area contributed by atoms with Crippen molar-refractivity contribution in [2.75, 3.05) is 27.3 Å². The molecule has 1 aromatic carbocycles. The summed E-state index contributed by atoms with van der Waals surface area (Å²) in [6.45, 7) is 0.407. The van der Waals surface area contributed by atoms with Gasteiger partial charge in [-0.15, -0.1) is 0 Å². The van der Waals surface area contributed by atoms with E-state index in [1.807, 2.05) is 24.3 Å². The highest BCUT2D eigenvalue weighted by molar-refractivity contribution is 9.10. The first-order valence-corrected chi connectivity index (χ1v) is 6.04. The molecule has 5 heteroatoms. The summed E-state index contributed by atoms with van der Waals surface area (Å²) in [5, 5.41) is 8.94. The highest BCUT2D eigenvalue weighted by Crippen LogP contribution is 2.23. The van der Waals surface area contributed by atoms with Crippen molar-refractivity contribution >= 4 is 21.9 Å². The summed E-state index contributed by atoms with van der Waals surface area (Å²) in [5.41, 5.74) is 0.835. The Morgan fingerprint density at radius 2 is 2.29 bits per heavy atom. The van der Waals surface area contributed by atoms with Gasteiger partial charge in [0.25, 0.3) is 0 Å². The Morgan fingerprint density at radius 1 is 1.59 bits per heavy atom. The van der Waals surface area contributed by atoms with Gasteiger partial charge in [0.1, 0.15) is 6.04 Å². The van der Waals surface area contributed by atoms with Crippen LogP contribution in [0.15, 0.2) is 28.7 Å². The SMILES string of the molecule is COC(=O)C(c1cccc(Br)c1)N(C)CCO. The molecule has 0 amide bonds. The van der Waals surface area contributed by atoms with Crippen LogP contribution < -0.4 is 0 Å². The average Bonchev–Trinajstić information content (AvgIpc) is 2.29. The van der Waals surface area contributed by atoms with Crippen molar-refractivity contribution in [2.24, 2.45) is 0 Å². The molecule has 0 spiro atoms. The number of nitrogens with zero attached hydrogens (tertiary/aromatic N) is 1. The van der Waals surface area contributed by atoms with Gasteiger partial charge in [0.2, 0.25) is 0 Å². The summed E-state index contributed by atoms with van der Waals surface area (Å²) in [6.07, 6.45) is 0. The molecule has 0 heterocycles. The quantitative estimate of drug-likeness (QED) is 0.839. The van der Waals surface area contributed by atoms with Gasteiger partial charge in [0.05, 0.1) is 13.7 Å². The fraction of sp³-hybridized carbons (Fsp3) is 0.417. The first-order chi connectivity index (χ1) is 8.10. The van der Waals surface area contributed by atoms with Gasteiger partial charge in [0, 0.05) is 11.0 Å². The van der Waals surface area contributed by atoms with E-state index in [4.69, 9.17) is 9.84 Å². The largest absolute Gasteiger partial charge is 0.468 e. The number of esters is 1. The number of benzene rings is 1. The second-order valence-electron chi connectivity index (χ2n) is 3.68. The Bertz CT molecular complexity index is 384. The summed E-state index contributed by atoms with van der Waals surface area (Å²) in [4.78, 5) is 13.5. The summed E-state index contributed by atoms with van der Waals surface area (Å²) in [6, 6.07) is 6.99. The Morgan fingerprint density at radius 3 is 2.82 bits per heavy atom. The molecule has 0 saturated heterocycles. The number of aliphatic hydroxyl groups excluding tert-OH is 1. The lowest BCUT2D eigenvalue weighted by molar-refractivity contribution is -0.146. The Labute approximate surface area is 109 Å². The smallest absolute Gasteiger partial charge is 0.327 e. The van der Waals surface area contributed by atoms with E-state index in [1.54, 1.807) is 11.9 Å². The zero-order chi connectivity index (χ0) is 12.8. The number of likely N-dealkylation sites (N-methyl/N-ethyl adjacent to an activating group) is 1. The van der Waals surface area contributed by atoms with Gasteiger partial charge >= 0.3 is 5.97 Å². The van der Waals surface area contributed by atoms with Gasteiger partial charge in [-0.25, -0.2) is 4.79 Å². The van der Waals surface area contributed by atoms with E-state index in [1.165, 1.54) is 7.11 Å². The zero-order valence-corrected chi connectivity index (χ0v) is 11.5. The molecule has 0 aromatic heterocycles. The maximum Gasteiger partial charge on any atom is 0.327 e. The monoisotopic (exact) mass is 301 g/mol. The maximum atomic E-state index is 11.8. The molecule has 1 atom stereocenters. The van der Waals surface area contributed by atoms with Crippen molar-refractivity contribution in [1.82, 2.24) is 4.90 Å². The number of methoxy groups -OCH3 is 1. The van der Waals surface area contributed by atoms with Crippen LogP contribution in [0.5, 0.6) is 0 Å². The Balaban J connectivity index is 3.01. The van der Waals surface area contributed by atoms with Crippen molar-refractivity contribution in [3.8, 4) is 0 Å². The molecule has 0 aliphatic carbocycles. The molecular weight excluding hydrogens is 286 g/mol. The topological polar surface area (TPSA) is 49.8 Å². The lowest BCUT2D eigenvalue weighted by Gasteiger charge is -2.25. The first kappa shape index (κ1) is 14.2. The first-order valence-electron chi connectivity index (χ1n) is 5.24. The number of ether oxygens (including phenoxy) is 1. The molecule has 1 N–H and O–H groups in total. The highest BCUT2D eigenvalue weighted by atomic mass is 79.9. The van der Waals surface area contributed by atoms with Gasteiger partial charge in [-0.2, -0.15) is 0 Å². The number of hydrogen-bond donors (Lipinski definition) is 1. The van der Waals surface area contributed by atoms with Crippen LogP contribution in [0.25, 0.3) is 0 Å². The summed E-state index contributed by atoms with van der Waals surface area (Å²) < 4.78 is 5.70. The molecule has 4 nitrogen and oxygen atoms in total. The van der Waals surface area contributed by atoms with Crippen LogP contribution in [0.2, 0.25) is 0 Å². The number of carbonyl (C=O) groups is 1. The second kappa shape index (κ2) is 6.74. The van der Waals surface area contributed by atoms with E-state index in [9.17, 15) is 4.79 Å². The maximum absolute atomic E-state index is 11.8. The van der Waals surface area contributed by atoms with Gasteiger partial charge in [0.15, 0.2) is 0 Å². The van der Waals surface area contributed by atoms with Gasteiger partial charge in [-0.3, -0.25) is 4.90 Å². The van der Waals surface area contributed by atoms with Crippen molar-refractivity contribution in [3.05, 3.63) is 34.3 Å². The standard InChI is InChI=1S/C12H16BrNO3/c1-14(6-7-15)11(12(16)17-2)9-4-3-5-10(13)8-9/h3-5,8,11,15H,6-7H2,1-2H3. The molecule has 0 fully saturated rings. The van der Waals surface area contributed by atoms with E-state index in [0.29, 0.717) is 6.54 Å². The summed E-state index contributed by atoms with van der Waals surface area (Å²) in [5.74, 6) is -0.334. The lowest BCUT2D eigenvalue weighted by Crippen LogP contribution is -2.33. The van der Waals surface area contributed by atoms with Crippen LogP contribution >= 0.6 is 15.9 Å². The van der Waals surface area contributed by atoms with Gasteiger partial charge < -0.3 is 9.84 Å². The molecular formula is C12H16BrNO3. The fourth-order valence-electron chi connectivity index (χ4n) is 1.65. The predicted octanol–water partition coefficient (Wildman–Crippen LogP) is 1.59. The minimum Gasteiger partial charge on any atom is -0.468 e. The van der Waals surface area contributed by atoms with Crippen molar-refractivity contribution < 1.29 is 14.6 Å². The van der Waals surface area contributed by atoms with Crippen LogP contribution in [0.1, 0.15) is 11.6 Å². The second-order valence-corrected chi connectivity index (χ2v) is 4.60. The third-order valence-electron chi connectivity index (χ3n) is 2.48. The molecule has 0 aliphatic rings. The summed E-state index contributed by atoms with van der Waals surface area (Å²) in [7, 11) is 3.14.